The summed E-state index contributed by atoms with van der Waals surface area (Å²) in [6.07, 6.45) is 2.00. The monoisotopic (exact) mass is 337 g/mol. The van der Waals surface area contributed by atoms with Gasteiger partial charge in [0.05, 0.1) is 12.4 Å². The molecule has 1 aromatic heterocycles. The summed E-state index contributed by atoms with van der Waals surface area (Å²) in [4.78, 5) is 2.19. The fourth-order valence-electron chi connectivity index (χ4n) is 2.17. The Hall–Kier alpha value is -1.10. The lowest BCUT2D eigenvalue weighted by Crippen LogP contribution is -2.21. The summed E-state index contributed by atoms with van der Waals surface area (Å²) in [6, 6.07) is 9.82. The molecule has 1 aromatic carbocycles. The molecule has 0 spiro atoms. The number of hydrogen-bond acceptors (Lipinski definition) is 3. The van der Waals surface area contributed by atoms with Crippen molar-refractivity contribution in [3.8, 4) is 0 Å². The Labute approximate surface area is 128 Å². The summed E-state index contributed by atoms with van der Waals surface area (Å²) >= 11 is 3.43. The Morgan fingerprint density at radius 2 is 2.15 bits per heavy atom. The molecule has 0 bridgehead atoms. The van der Waals surface area contributed by atoms with Gasteiger partial charge in [0.25, 0.3) is 0 Å². The van der Waals surface area contributed by atoms with Crippen LogP contribution >= 0.6 is 15.9 Å². The van der Waals surface area contributed by atoms with Crippen LogP contribution < -0.4 is 0 Å². The van der Waals surface area contributed by atoms with Crippen molar-refractivity contribution in [2.24, 2.45) is 0 Å². The highest BCUT2D eigenvalue weighted by Gasteiger charge is 2.11. The van der Waals surface area contributed by atoms with Crippen molar-refractivity contribution in [1.82, 2.24) is 4.90 Å². The molecular weight excluding hydrogens is 318 g/mol. The van der Waals surface area contributed by atoms with Crippen LogP contribution in [0.1, 0.15) is 29.4 Å². The van der Waals surface area contributed by atoms with E-state index in [1.165, 1.54) is 5.56 Å². The maximum atomic E-state index is 10.2. The van der Waals surface area contributed by atoms with Crippen LogP contribution in [0.4, 0.5) is 0 Å². The zero-order valence-corrected chi connectivity index (χ0v) is 13.4. The number of aliphatic hydroxyl groups is 1. The molecule has 0 aliphatic rings. The van der Waals surface area contributed by atoms with E-state index in [-0.39, 0.29) is 0 Å². The Kier molecular flexibility index (Phi) is 5.40. The van der Waals surface area contributed by atoms with Gasteiger partial charge in [-0.2, -0.15) is 0 Å². The van der Waals surface area contributed by atoms with Crippen LogP contribution in [0.15, 0.2) is 45.5 Å². The van der Waals surface area contributed by atoms with Crippen LogP contribution in [0.2, 0.25) is 0 Å². The van der Waals surface area contributed by atoms with Gasteiger partial charge < -0.3 is 14.4 Å². The topological polar surface area (TPSA) is 36.6 Å². The molecule has 2 rings (SSSR count). The first-order valence-corrected chi connectivity index (χ1v) is 7.50. The van der Waals surface area contributed by atoms with E-state index in [1.807, 2.05) is 37.3 Å². The van der Waals surface area contributed by atoms with Gasteiger partial charge >= 0.3 is 0 Å². The average molecular weight is 338 g/mol. The van der Waals surface area contributed by atoms with Gasteiger partial charge in [-0.05, 0) is 44.2 Å². The van der Waals surface area contributed by atoms with Gasteiger partial charge in [0.15, 0.2) is 0 Å². The standard InChI is InChI=1S/C16H20BrNO2/c1-12-14(7-9-20-12)11-18(2)8-6-16(19)13-4-3-5-15(17)10-13/h3-5,7,9-10,16,19H,6,8,11H2,1-2H3. The molecule has 0 saturated carbocycles. The van der Waals surface area contributed by atoms with Crippen molar-refractivity contribution in [2.75, 3.05) is 13.6 Å². The Morgan fingerprint density at radius 1 is 1.35 bits per heavy atom. The number of benzene rings is 1. The SMILES string of the molecule is Cc1occc1CN(C)CCC(O)c1cccc(Br)c1. The molecule has 1 N–H and O–H groups in total. The average Bonchev–Trinajstić information content (AvgIpc) is 2.81. The Bertz CT molecular complexity index is 553. The van der Waals surface area contributed by atoms with Crippen molar-refractivity contribution < 1.29 is 9.52 Å². The third-order valence-electron chi connectivity index (χ3n) is 3.42. The van der Waals surface area contributed by atoms with Crippen LogP contribution in [-0.4, -0.2) is 23.6 Å². The highest BCUT2D eigenvalue weighted by Crippen LogP contribution is 2.21. The van der Waals surface area contributed by atoms with Gasteiger partial charge in [0.2, 0.25) is 0 Å². The van der Waals surface area contributed by atoms with Crippen molar-refractivity contribution in [1.29, 1.82) is 0 Å². The van der Waals surface area contributed by atoms with E-state index >= 15 is 0 Å². The fraction of sp³-hybridized carbons (Fsp3) is 0.375. The number of nitrogens with zero attached hydrogens (tertiary/aromatic N) is 1. The van der Waals surface area contributed by atoms with E-state index in [0.29, 0.717) is 6.42 Å². The number of rotatable bonds is 6. The largest absolute Gasteiger partial charge is 0.469 e. The van der Waals surface area contributed by atoms with E-state index in [9.17, 15) is 5.11 Å². The molecule has 0 radical (unpaired) electrons. The smallest absolute Gasteiger partial charge is 0.105 e. The molecular formula is C16H20BrNO2. The van der Waals surface area contributed by atoms with Crippen LogP contribution in [0.25, 0.3) is 0 Å². The highest BCUT2D eigenvalue weighted by atomic mass is 79.9. The van der Waals surface area contributed by atoms with Gasteiger partial charge in [0, 0.05) is 23.1 Å². The van der Waals surface area contributed by atoms with Crippen molar-refractivity contribution in [3.63, 3.8) is 0 Å². The fourth-order valence-corrected chi connectivity index (χ4v) is 2.59. The second-order valence-electron chi connectivity index (χ2n) is 5.10. The second-order valence-corrected chi connectivity index (χ2v) is 6.01. The lowest BCUT2D eigenvalue weighted by atomic mass is 10.1. The number of halogens is 1. The van der Waals surface area contributed by atoms with Crippen LogP contribution in [0.3, 0.4) is 0 Å². The maximum absolute atomic E-state index is 10.2. The molecule has 0 aliphatic heterocycles. The molecule has 4 heteroatoms. The minimum Gasteiger partial charge on any atom is -0.469 e. The molecule has 1 atom stereocenters. The molecule has 2 aromatic rings. The molecule has 3 nitrogen and oxygen atoms in total. The van der Waals surface area contributed by atoms with Crippen LogP contribution in [0, 0.1) is 6.92 Å². The number of aliphatic hydroxyl groups excluding tert-OH is 1. The highest BCUT2D eigenvalue weighted by molar-refractivity contribution is 9.10. The predicted molar refractivity (Wildman–Crippen MR) is 83.5 cm³/mol. The summed E-state index contributed by atoms with van der Waals surface area (Å²) in [5, 5.41) is 10.2. The summed E-state index contributed by atoms with van der Waals surface area (Å²) in [5.41, 5.74) is 2.15. The van der Waals surface area contributed by atoms with E-state index in [4.69, 9.17) is 4.42 Å². The molecule has 0 amide bonds. The van der Waals surface area contributed by atoms with Gasteiger partial charge in [-0.1, -0.05) is 28.1 Å². The van der Waals surface area contributed by atoms with E-state index in [2.05, 4.69) is 27.9 Å². The van der Waals surface area contributed by atoms with Crippen molar-refractivity contribution in [2.45, 2.75) is 26.0 Å². The van der Waals surface area contributed by atoms with E-state index < -0.39 is 6.10 Å². The molecule has 20 heavy (non-hydrogen) atoms. The van der Waals surface area contributed by atoms with Crippen LogP contribution in [0.5, 0.6) is 0 Å². The summed E-state index contributed by atoms with van der Waals surface area (Å²) in [6.45, 7) is 3.64. The number of furan rings is 1. The minimum absolute atomic E-state index is 0.430. The molecule has 108 valence electrons. The summed E-state index contributed by atoms with van der Waals surface area (Å²) < 4.78 is 6.29. The van der Waals surface area contributed by atoms with Gasteiger partial charge in [-0.3, -0.25) is 0 Å². The van der Waals surface area contributed by atoms with Crippen molar-refractivity contribution in [3.05, 3.63) is 58.0 Å². The lowest BCUT2D eigenvalue weighted by Gasteiger charge is -2.19. The maximum Gasteiger partial charge on any atom is 0.105 e. The molecule has 1 unspecified atom stereocenters. The third-order valence-corrected chi connectivity index (χ3v) is 3.92. The Balaban J connectivity index is 1.84. The predicted octanol–water partition coefficient (Wildman–Crippen LogP) is 3.91. The second kappa shape index (κ2) is 7.07. The first-order valence-electron chi connectivity index (χ1n) is 6.71. The zero-order chi connectivity index (χ0) is 14.5. The lowest BCUT2D eigenvalue weighted by molar-refractivity contribution is 0.147. The zero-order valence-electron chi connectivity index (χ0n) is 11.8. The van der Waals surface area contributed by atoms with Crippen LogP contribution in [-0.2, 0) is 6.54 Å². The van der Waals surface area contributed by atoms with Gasteiger partial charge in [-0.25, -0.2) is 0 Å². The molecule has 1 heterocycles. The summed E-state index contributed by atoms with van der Waals surface area (Å²) in [7, 11) is 2.06. The van der Waals surface area contributed by atoms with E-state index in [1.54, 1.807) is 6.26 Å². The van der Waals surface area contributed by atoms with Gasteiger partial charge in [-0.15, -0.1) is 0 Å². The molecule has 0 fully saturated rings. The van der Waals surface area contributed by atoms with Crippen molar-refractivity contribution >= 4 is 15.9 Å². The quantitative estimate of drug-likeness (QED) is 0.868. The van der Waals surface area contributed by atoms with E-state index in [0.717, 1.165) is 28.9 Å². The minimum atomic E-state index is -0.430. The Morgan fingerprint density at radius 3 is 2.80 bits per heavy atom. The molecule has 0 saturated heterocycles. The summed E-state index contributed by atoms with van der Waals surface area (Å²) in [5.74, 6) is 0.962. The first-order chi connectivity index (χ1) is 9.56. The van der Waals surface area contributed by atoms with Gasteiger partial charge in [0.1, 0.15) is 5.76 Å². The normalized spacial score (nSPS) is 12.8. The number of hydrogen-bond donors (Lipinski definition) is 1. The third kappa shape index (κ3) is 4.20. The molecule has 0 aliphatic carbocycles. The first kappa shape index (κ1) is 15.3. The number of aryl methyl sites for hydroxylation is 1.